The smallest absolute Gasteiger partial charge is 0.387 e. The highest BCUT2D eigenvalue weighted by molar-refractivity contribution is 5.43. The zero-order chi connectivity index (χ0) is 13.8. The summed E-state index contributed by atoms with van der Waals surface area (Å²) in [6.45, 7) is -2.21. The van der Waals surface area contributed by atoms with Crippen LogP contribution in [0, 0.1) is 0 Å². The van der Waals surface area contributed by atoms with Crippen LogP contribution in [0.5, 0.6) is 11.5 Å². The van der Waals surface area contributed by atoms with Gasteiger partial charge in [0.15, 0.2) is 17.8 Å². The molecule has 1 aliphatic rings. The highest BCUT2D eigenvalue weighted by Gasteiger charge is 2.27. The van der Waals surface area contributed by atoms with Crippen LogP contribution in [0.15, 0.2) is 18.2 Å². The number of hydrogen-bond donors (Lipinski definition) is 1. The van der Waals surface area contributed by atoms with Crippen LogP contribution < -0.4 is 15.2 Å². The quantitative estimate of drug-likeness (QED) is 0.885. The molecule has 0 saturated carbocycles. The fraction of sp³-hybridized carbons (Fsp3) is 0.500. The number of methoxy groups -OCH3 is 1. The predicted molar refractivity (Wildman–Crippen MR) is 62.2 cm³/mol. The molecule has 1 fully saturated rings. The maximum Gasteiger partial charge on any atom is 0.387 e. The second-order valence-electron chi connectivity index (χ2n) is 3.95. The van der Waals surface area contributed by atoms with E-state index in [1.165, 1.54) is 19.2 Å². The van der Waals surface area contributed by atoms with Gasteiger partial charge in [0.1, 0.15) is 0 Å². The summed E-state index contributed by atoms with van der Waals surface area (Å²) in [5.41, 5.74) is 6.04. The summed E-state index contributed by atoms with van der Waals surface area (Å²) in [5, 5.41) is 0. The topological polar surface area (TPSA) is 62.9 Å². The van der Waals surface area contributed by atoms with E-state index in [-0.39, 0.29) is 17.6 Å². The van der Waals surface area contributed by atoms with Gasteiger partial charge in [-0.15, -0.1) is 0 Å². The summed E-state index contributed by atoms with van der Waals surface area (Å²) in [4.78, 5) is 0. The van der Waals surface area contributed by atoms with E-state index in [2.05, 4.69) is 4.74 Å². The van der Waals surface area contributed by atoms with Gasteiger partial charge < -0.3 is 24.7 Å². The van der Waals surface area contributed by atoms with Crippen LogP contribution in [-0.4, -0.2) is 33.0 Å². The van der Waals surface area contributed by atoms with Crippen molar-refractivity contribution >= 4 is 0 Å². The van der Waals surface area contributed by atoms with Crippen molar-refractivity contribution in [3.8, 4) is 11.5 Å². The van der Waals surface area contributed by atoms with E-state index in [0.717, 1.165) is 0 Å². The lowest BCUT2D eigenvalue weighted by Crippen LogP contribution is -2.21. The van der Waals surface area contributed by atoms with E-state index in [1.807, 2.05) is 0 Å². The van der Waals surface area contributed by atoms with Crippen LogP contribution in [0.1, 0.15) is 11.9 Å². The van der Waals surface area contributed by atoms with Crippen LogP contribution in [0.3, 0.4) is 0 Å². The molecule has 7 heteroatoms. The third-order valence-corrected chi connectivity index (χ3v) is 2.69. The third-order valence-electron chi connectivity index (χ3n) is 2.69. The molecule has 1 heterocycles. The second-order valence-corrected chi connectivity index (χ2v) is 3.95. The summed E-state index contributed by atoms with van der Waals surface area (Å²) in [5.74, 6) is 0.163. The molecule has 0 amide bonds. The van der Waals surface area contributed by atoms with Gasteiger partial charge in [-0.1, -0.05) is 6.07 Å². The number of hydrogen-bond acceptors (Lipinski definition) is 5. The molecule has 0 aromatic heterocycles. The molecule has 0 aliphatic carbocycles. The van der Waals surface area contributed by atoms with Gasteiger partial charge in [-0.3, -0.25) is 0 Å². The molecule has 2 atom stereocenters. The van der Waals surface area contributed by atoms with Crippen molar-refractivity contribution in [1.29, 1.82) is 0 Å². The summed E-state index contributed by atoms with van der Waals surface area (Å²) in [6.07, 6.45) is -0.814. The van der Waals surface area contributed by atoms with Gasteiger partial charge in [-0.2, -0.15) is 8.78 Å². The molecule has 19 heavy (non-hydrogen) atoms. The lowest BCUT2D eigenvalue weighted by Gasteiger charge is -2.15. The highest BCUT2D eigenvalue weighted by Crippen LogP contribution is 2.34. The van der Waals surface area contributed by atoms with Crippen molar-refractivity contribution in [2.24, 2.45) is 5.73 Å². The zero-order valence-electron chi connectivity index (χ0n) is 10.3. The number of alkyl halides is 2. The fourth-order valence-corrected chi connectivity index (χ4v) is 1.77. The molecule has 0 bridgehead atoms. The summed E-state index contributed by atoms with van der Waals surface area (Å²) < 4.78 is 44.8. The number of halogens is 2. The van der Waals surface area contributed by atoms with E-state index in [1.54, 1.807) is 6.07 Å². The first-order valence-electron chi connectivity index (χ1n) is 5.74. The zero-order valence-corrected chi connectivity index (χ0v) is 10.3. The van der Waals surface area contributed by atoms with Gasteiger partial charge in [0, 0.05) is 12.1 Å². The minimum absolute atomic E-state index is 0.0570. The molecule has 5 nitrogen and oxygen atoms in total. The van der Waals surface area contributed by atoms with Gasteiger partial charge >= 0.3 is 6.61 Å². The minimum atomic E-state index is -2.92. The Kier molecular flexibility index (Phi) is 4.52. The van der Waals surface area contributed by atoms with E-state index >= 15 is 0 Å². The maximum atomic E-state index is 12.3. The Balaban J connectivity index is 2.18. The Morgan fingerprint density at radius 2 is 2.21 bits per heavy atom. The third kappa shape index (κ3) is 3.31. The molecular formula is C12H15F2NO4. The summed E-state index contributed by atoms with van der Waals surface area (Å²) in [7, 11) is 1.38. The average molecular weight is 275 g/mol. The second kappa shape index (κ2) is 6.14. The summed E-state index contributed by atoms with van der Waals surface area (Å²) >= 11 is 0. The van der Waals surface area contributed by atoms with Gasteiger partial charge in [0.05, 0.1) is 19.8 Å². The van der Waals surface area contributed by atoms with Gasteiger partial charge in [0.2, 0.25) is 0 Å². The number of benzene rings is 1. The van der Waals surface area contributed by atoms with E-state index in [0.29, 0.717) is 18.7 Å². The first-order chi connectivity index (χ1) is 9.13. The van der Waals surface area contributed by atoms with E-state index < -0.39 is 12.9 Å². The Hall–Kier alpha value is -1.44. The SMILES string of the molecule is COc1ccc(C2OCC(CN)O2)cc1OC(F)F. The highest BCUT2D eigenvalue weighted by atomic mass is 19.3. The Morgan fingerprint density at radius 1 is 1.42 bits per heavy atom. The van der Waals surface area contributed by atoms with Crippen LogP contribution >= 0.6 is 0 Å². The predicted octanol–water partition coefficient (Wildman–Crippen LogP) is 1.67. The van der Waals surface area contributed by atoms with Crippen molar-refractivity contribution < 1.29 is 27.7 Å². The molecule has 1 saturated heterocycles. The fourth-order valence-electron chi connectivity index (χ4n) is 1.77. The molecule has 1 aliphatic heterocycles. The lowest BCUT2D eigenvalue weighted by molar-refractivity contribution is -0.0615. The van der Waals surface area contributed by atoms with Crippen molar-refractivity contribution in [2.45, 2.75) is 19.0 Å². The van der Waals surface area contributed by atoms with Crippen molar-refractivity contribution in [2.75, 3.05) is 20.3 Å². The Labute approximate surface area is 109 Å². The molecule has 106 valence electrons. The minimum Gasteiger partial charge on any atom is -0.493 e. The molecule has 1 aromatic carbocycles. The lowest BCUT2D eigenvalue weighted by atomic mass is 10.2. The van der Waals surface area contributed by atoms with Crippen LogP contribution in [0.2, 0.25) is 0 Å². The van der Waals surface area contributed by atoms with Crippen LogP contribution in [0.4, 0.5) is 8.78 Å². The molecule has 2 N–H and O–H groups in total. The standard InChI is InChI=1S/C12H15F2NO4/c1-16-9-3-2-7(4-10(9)19-12(13)14)11-17-6-8(5-15)18-11/h2-4,8,11-12H,5-6,15H2,1H3. The first kappa shape index (κ1) is 14.0. The van der Waals surface area contributed by atoms with Crippen LogP contribution in [-0.2, 0) is 9.47 Å². The van der Waals surface area contributed by atoms with E-state index in [9.17, 15) is 8.78 Å². The monoisotopic (exact) mass is 275 g/mol. The number of rotatable bonds is 5. The van der Waals surface area contributed by atoms with Crippen molar-refractivity contribution in [1.82, 2.24) is 0 Å². The normalized spacial score (nSPS) is 22.8. The summed E-state index contributed by atoms with van der Waals surface area (Å²) in [6, 6.07) is 4.60. The number of nitrogens with two attached hydrogens (primary N) is 1. The molecule has 2 unspecified atom stereocenters. The van der Waals surface area contributed by atoms with E-state index in [4.69, 9.17) is 19.9 Å². The molecule has 2 rings (SSSR count). The van der Waals surface area contributed by atoms with Crippen molar-refractivity contribution in [3.63, 3.8) is 0 Å². The Morgan fingerprint density at radius 3 is 2.79 bits per heavy atom. The Bertz CT molecular complexity index is 430. The van der Waals surface area contributed by atoms with Gasteiger partial charge in [-0.25, -0.2) is 0 Å². The van der Waals surface area contributed by atoms with Crippen LogP contribution in [0.25, 0.3) is 0 Å². The molecule has 0 spiro atoms. The number of ether oxygens (including phenoxy) is 4. The molecule has 1 aromatic rings. The van der Waals surface area contributed by atoms with Gasteiger partial charge in [-0.05, 0) is 12.1 Å². The average Bonchev–Trinajstić information content (AvgIpc) is 2.86. The maximum absolute atomic E-state index is 12.3. The largest absolute Gasteiger partial charge is 0.493 e. The molecule has 0 radical (unpaired) electrons. The van der Waals surface area contributed by atoms with Gasteiger partial charge in [0.25, 0.3) is 0 Å². The molecular weight excluding hydrogens is 260 g/mol. The first-order valence-corrected chi connectivity index (χ1v) is 5.74. The van der Waals surface area contributed by atoms with Crippen molar-refractivity contribution in [3.05, 3.63) is 23.8 Å².